The molecule has 0 amide bonds. The number of hydrogen-bond acceptors (Lipinski definition) is 2. The lowest BCUT2D eigenvalue weighted by atomic mass is 9.44. The molecule has 0 aliphatic heterocycles. The first-order valence-corrected chi connectivity index (χ1v) is 11.9. The monoisotopic (exact) mass is 407 g/mol. The van der Waals surface area contributed by atoms with Crippen LogP contribution in [0.2, 0.25) is 0 Å². The molecule has 4 aliphatic rings. The summed E-state index contributed by atoms with van der Waals surface area (Å²) in [5, 5.41) is 11.4. The smallest absolute Gasteiger partial charge is 0.157 e. The van der Waals surface area contributed by atoms with Crippen molar-refractivity contribution in [2.45, 2.75) is 104 Å². The second kappa shape index (κ2) is 7.81. The number of ketones is 1. The Morgan fingerprint density at radius 1 is 1.21 bits per heavy atom. The number of allylic oxidation sites excluding steroid dienone is 1. The predicted octanol–water partition coefficient (Wildman–Crippen LogP) is 6.57. The van der Waals surface area contributed by atoms with Gasteiger partial charge in [-0.05, 0) is 110 Å². The number of rotatable bonds is 5. The van der Waals surface area contributed by atoms with Crippen molar-refractivity contribution in [1.29, 1.82) is 0 Å². The van der Waals surface area contributed by atoms with Gasteiger partial charge in [-0.15, -0.1) is 0 Å². The normalized spacial score (nSPS) is 51.9. The molecule has 9 atom stereocenters. The molecule has 0 bridgehead atoms. The topological polar surface area (TPSA) is 37.3 Å². The van der Waals surface area contributed by atoms with Crippen LogP contribution in [-0.2, 0) is 4.79 Å². The van der Waals surface area contributed by atoms with E-state index in [1.807, 2.05) is 6.92 Å². The molecule has 0 radical (unpaired) electrons. The molecule has 4 rings (SSSR count). The van der Waals surface area contributed by atoms with E-state index in [9.17, 15) is 9.90 Å². The summed E-state index contributed by atoms with van der Waals surface area (Å²) in [6, 6.07) is 0. The van der Waals surface area contributed by atoms with Gasteiger partial charge in [0.15, 0.2) is 5.78 Å². The Hall–Kier alpha value is -0.630. The second-order valence-corrected chi connectivity index (χ2v) is 11.3. The Labute approximate surface area is 188 Å². The number of carbonyl (C=O) groups excluding carboxylic acids is 1. The molecular weight excluding hydrogens is 356 g/mol. The van der Waals surface area contributed by atoms with E-state index in [2.05, 4.69) is 13.8 Å². The lowest BCUT2D eigenvalue weighted by molar-refractivity contribution is -0.164. The zero-order valence-electron chi connectivity index (χ0n) is 25.5. The fourth-order valence-electron chi connectivity index (χ4n) is 8.71. The third kappa shape index (κ3) is 3.46. The molecule has 2 heteroatoms. The number of aliphatic hydroxyl groups is 1. The van der Waals surface area contributed by atoms with Gasteiger partial charge in [0.1, 0.15) is 0 Å². The van der Waals surface area contributed by atoms with Crippen LogP contribution < -0.4 is 0 Å². The van der Waals surface area contributed by atoms with Gasteiger partial charge < -0.3 is 5.11 Å². The van der Waals surface area contributed by atoms with Crippen LogP contribution >= 0.6 is 0 Å². The Bertz CT molecular complexity index is 895. The summed E-state index contributed by atoms with van der Waals surface area (Å²) in [5.74, 6) is 0.571. The molecular formula is C27H44O2. The fraction of sp³-hybridized carbons (Fsp3) is 0.889. The fourth-order valence-corrected chi connectivity index (χ4v) is 8.71. The summed E-state index contributed by atoms with van der Waals surface area (Å²) in [6.45, 7) is 2.62. The number of aliphatic hydroxyl groups excluding tert-OH is 1. The molecule has 164 valence electrons. The van der Waals surface area contributed by atoms with E-state index in [1.165, 1.54) is 25.7 Å². The van der Waals surface area contributed by atoms with Crippen LogP contribution in [0.25, 0.3) is 0 Å². The zero-order chi connectivity index (χ0) is 26.8. The maximum absolute atomic E-state index is 12.9. The van der Waals surface area contributed by atoms with Crippen molar-refractivity contribution in [3.63, 3.8) is 0 Å². The average Bonchev–Trinajstić information content (AvgIpc) is 3.09. The van der Waals surface area contributed by atoms with Gasteiger partial charge in [0.25, 0.3) is 0 Å². The number of hydrogen-bond donors (Lipinski definition) is 1. The molecule has 0 aromatic carbocycles. The van der Waals surface area contributed by atoms with Crippen molar-refractivity contribution in [1.82, 2.24) is 0 Å². The van der Waals surface area contributed by atoms with E-state index < -0.39 is 31.1 Å². The summed E-state index contributed by atoms with van der Waals surface area (Å²) in [5.41, 5.74) is -0.757. The van der Waals surface area contributed by atoms with Crippen LogP contribution in [0, 0.1) is 46.3 Å². The van der Waals surface area contributed by atoms with Gasteiger partial charge in [0.2, 0.25) is 0 Å². The minimum absolute atomic E-state index is 0.0444. The first-order valence-electron chi connectivity index (χ1n) is 15.4. The van der Waals surface area contributed by atoms with E-state index in [1.54, 1.807) is 0 Å². The highest BCUT2D eigenvalue weighted by molar-refractivity contribution is 5.94. The molecule has 29 heavy (non-hydrogen) atoms. The molecule has 0 aromatic rings. The highest BCUT2D eigenvalue weighted by Gasteiger charge is 2.62. The van der Waals surface area contributed by atoms with Crippen LogP contribution in [0.5, 0.6) is 0 Å². The van der Waals surface area contributed by atoms with Gasteiger partial charge >= 0.3 is 0 Å². The predicted molar refractivity (Wildman–Crippen MR) is 119 cm³/mol. The summed E-state index contributed by atoms with van der Waals surface area (Å²) >= 11 is 0. The van der Waals surface area contributed by atoms with Gasteiger partial charge in [0.05, 0.1) is 8.85 Å². The largest absolute Gasteiger partial charge is 0.393 e. The van der Waals surface area contributed by atoms with Crippen LogP contribution in [-0.4, -0.2) is 17.0 Å². The van der Waals surface area contributed by atoms with Crippen molar-refractivity contribution < 1.29 is 19.5 Å². The van der Waals surface area contributed by atoms with Crippen molar-refractivity contribution in [3.8, 4) is 0 Å². The quantitative estimate of drug-likeness (QED) is 0.523. The van der Waals surface area contributed by atoms with Crippen LogP contribution in [0.15, 0.2) is 12.1 Å². The van der Waals surface area contributed by atoms with Crippen molar-refractivity contribution in [2.75, 3.05) is 0 Å². The number of Topliss-reactive ketones (excluding diaryl/α,β-unsaturated/α-hetero) is 1. The van der Waals surface area contributed by atoms with E-state index in [0.29, 0.717) is 23.2 Å². The van der Waals surface area contributed by atoms with E-state index >= 15 is 0 Å². The van der Waals surface area contributed by atoms with E-state index in [-0.39, 0.29) is 35.7 Å². The van der Waals surface area contributed by atoms with Crippen LogP contribution in [0.1, 0.15) is 108 Å². The van der Waals surface area contributed by atoms with Crippen LogP contribution in [0.3, 0.4) is 0 Å². The Kier molecular flexibility index (Phi) is 3.89. The summed E-state index contributed by atoms with van der Waals surface area (Å²) in [6.07, 6.45) is 7.14. The van der Waals surface area contributed by atoms with Gasteiger partial charge in [-0.2, -0.15) is 0 Å². The number of carbonyl (C=O) groups is 1. The highest BCUT2D eigenvalue weighted by atomic mass is 16.3. The molecule has 2 nitrogen and oxygen atoms in total. The summed E-state index contributed by atoms with van der Waals surface area (Å²) < 4.78 is 54.5. The Morgan fingerprint density at radius 3 is 2.76 bits per heavy atom. The molecule has 0 heterocycles. The minimum Gasteiger partial charge on any atom is -0.393 e. The van der Waals surface area contributed by atoms with E-state index in [0.717, 1.165) is 32.1 Å². The molecule has 4 aliphatic carbocycles. The Morgan fingerprint density at radius 2 is 2.00 bits per heavy atom. The third-order valence-corrected chi connectivity index (χ3v) is 10.2. The maximum atomic E-state index is 12.9. The minimum atomic E-state index is -2.99. The molecule has 0 aromatic heterocycles. The third-order valence-electron chi connectivity index (χ3n) is 10.2. The molecule has 1 N–H and O–H groups in total. The first-order chi connectivity index (χ1) is 16.5. The summed E-state index contributed by atoms with van der Waals surface area (Å²) in [7, 11) is 0. The number of fused-ring (bicyclic) bond motifs is 5. The lowest BCUT2D eigenvalue weighted by Crippen LogP contribution is -2.57. The van der Waals surface area contributed by atoms with Crippen LogP contribution in [0.4, 0.5) is 0 Å². The van der Waals surface area contributed by atoms with Crippen molar-refractivity contribution >= 4 is 5.78 Å². The van der Waals surface area contributed by atoms with Gasteiger partial charge in [-0.3, -0.25) is 4.79 Å². The SMILES string of the molecule is [2H]C([2H])=C(C(=O)C([2H])([2H])C[C@@H](C)[C@H]1CC[C@H]2[C@@H]3[C@H](O)CC4CCCC[C@]4(C)[C@H]3CC[C@]12C)C([2H])([2H])[2H]. The lowest BCUT2D eigenvalue weighted by Gasteiger charge is -2.62. The highest BCUT2D eigenvalue weighted by Crippen LogP contribution is 2.68. The van der Waals surface area contributed by atoms with Crippen molar-refractivity contribution in [3.05, 3.63) is 12.1 Å². The van der Waals surface area contributed by atoms with Crippen molar-refractivity contribution in [2.24, 2.45) is 46.3 Å². The standard InChI is InChI=1S/C27H44O2/c1-17(2)23(28)12-9-18(3)20-10-11-21-25-22(13-15-27(20,21)5)26(4)14-7-6-8-19(26)16-24(25)29/h18-22,24-25,29H,1,6-16H2,2-5H3/t18-,19?,20-,21+,22+,24-,25+,26+,27-/m1/s1/i1D2,2D3,12D2. The zero-order valence-corrected chi connectivity index (χ0v) is 18.5. The Balaban J connectivity index is 1.54. The van der Waals surface area contributed by atoms with Gasteiger partial charge in [0, 0.05) is 13.2 Å². The molecule has 4 fully saturated rings. The second-order valence-electron chi connectivity index (χ2n) is 11.3. The molecule has 1 unspecified atom stereocenters. The maximum Gasteiger partial charge on any atom is 0.157 e. The molecule has 0 saturated heterocycles. The molecule has 0 spiro atoms. The molecule has 4 saturated carbocycles. The first kappa shape index (κ1) is 14.4. The average molecular weight is 408 g/mol. The van der Waals surface area contributed by atoms with Gasteiger partial charge in [-0.1, -0.05) is 40.1 Å². The van der Waals surface area contributed by atoms with E-state index in [4.69, 9.17) is 9.60 Å². The van der Waals surface area contributed by atoms with Gasteiger partial charge in [-0.25, -0.2) is 0 Å². The summed E-state index contributed by atoms with van der Waals surface area (Å²) in [4.78, 5) is 12.9.